The molecule has 1 fully saturated rings. The average Bonchev–Trinajstić information content (AvgIpc) is 3.03. The third-order valence-corrected chi connectivity index (χ3v) is 4.08. The smallest absolute Gasteiger partial charge is 0.186 e. The van der Waals surface area contributed by atoms with Crippen LogP contribution < -0.4 is 0 Å². The highest BCUT2D eigenvalue weighted by atomic mass is 16.7. The maximum atomic E-state index is 10.1. The third kappa shape index (κ3) is 3.63. The minimum atomic E-state index is -1.35. The molecule has 5 atom stereocenters. The van der Waals surface area contributed by atoms with Crippen molar-refractivity contribution in [2.45, 2.75) is 43.7 Å². The van der Waals surface area contributed by atoms with E-state index in [1.54, 1.807) is 10.9 Å². The molecule has 8 nitrogen and oxygen atoms in total. The van der Waals surface area contributed by atoms with Crippen molar-refractivity contribution in [1.29, 1.82) is 0 Å². The molecule has 3 rings (SSSR count). The second-order valence-electron chi connectivity index (χ2n) is 5.84. The maximum absolute atomic E-state index is 10.1. The molecular formula is C16H21N3O5. The molecule has 2 heterocycles. The SMILES string of the molecule is CO[C@@H]1O[C@H](Cn2cc(Cc3ccccc3)nn2)[C@H](O)[C@H](O)[C@H]1O. The predicted molar refractivity (Wildman–Crippen MR) is 83.0 cm³/mol. The number of ether oxygens (including phenoxy) is 2. The van der Waals surface area contributed by atoms with Crippen molar-refractivity contribution < 1.29 is 24.8 Å². The van der Waals surface area contributed by atoms with Crippen LogP contribution in [-0.4, -0.2) is 68.1 Å². The van der Waals surface area contributed by atoms with Gasteiger partial charge in [0.05, 0.1) is 12.2 Å². The van der Waals surface area contributed by atoms with Crippen molar-refractivity contribution in [3.8, 4) is 0 Å². The summed E-state index contributed by atoms with van der Waals surface area (Å²) >= 11 is 0. The number of benzene rings is 1. The number of methoxy groups -OCH3 is 1. The Morgan fingerprint density at radius 2 is 1.88 bits per heavy atom. The lowest BCUT2D eigenvalue weighted by Crippen LogP contribution is -2.58. The van der Waals surface area contributed by atoms with Gasteiger partial charge in [-0.05, 0) is 5.56 Å². The lowest BCUT2D eigenvalue weighted by atomic mass is 9.99. The summed E-state index contributed by atoms with van der Waals surface area (Å²) in [7, 11) is 1.36. The van der Waals surface area contributed by atoms with Crippen molar-refractivity contribution >= 4 is 0 Å². The van der Waals surface area contributed by atoms with E-state index >= 15 is 0 Å². The van der Waals surface area contributed by atoms with Crippen LogP contribution in [0.2, 0.25) is 0 Å². The van der Waals surface area contributed by atoms with Gasteiger partial charge in [-0.15, -0.1) is 5.10 Å². The van der Waals surface area contributed by atoms with E-state index in [-0.39, 0.29) is 6.54 Å². The fraction of sp³-hybridized carbons (Fsp3) is 0.500. The first-order chi connectivity index (χ1) is 11.6. The van der Waals surface area contributed by atoms with Crippen molar-refractivity contribution in [1.82, 2.24) is 15.0 Å². The Balaban J connectivity index is 1.65. The van der Waals surface area contributed by atoms with Crippen LogP contribution in [0.3, 0.4) is 0 Å². The van der Waals surface area contributed by atoms with Gasteiger partial charge in [-0.2, -0.15) is 0 Å². The van der Waals surface area contributed by atoms with E-state index in [4.69, 9.17) is 9.47 Å². The second-order valence-corrected chi connectivity index (χ2v) is 5.84. The minimum absolute atomic E-state index is 0.187. The van der Waals surface area contributed by atoms with Gasteiger partial charge in [0.1, 0.15) is 24.4 Å². The van der Waals surface area contributed by atoms with Crippen LogP contribution in [0.4, 0.5) is 0 Å². The van der Waals surface area contributed by atoms with Crippen LogP contribution in [0.25, 0.3) is 0 Å². The zero-order valence-electron chi connectivity index (χ0n) is 13.3. The number of aliphatic hydroxyl groups is 3. The van der Waals surface area contributed by atoms with Crippen LogP contribution in [0.15, 0.2) is 36.5 Å². The Hall–Kier alpha value is -1.84. The number of aliphatic hydroxyl groups excluding tert-OH is 3. The van der Waals surface area contributed by atoms with E-state index in [2.05, 4.69) is 10.3 Å². The Morgan fingerprint density at radius 1 is 1.12 bits per heavy atom. The molecule has 2 aromatic rings. The fourth-order valence-electron chi connectivity index (χ4n) is 2.76. The molecule has 1 aliphatic rings. The molecule has 0 aliphatic carbocycles. The standard InChI is InChI=1S/C16H21N3O5/c1-23-16-15(22)14(21)13(20)12(24-16)9-19-8-11(17-18-19)7-10-5-3-2-4-6-10/h2-6,8,12-16,20-22H,7,9H2,1H3/t12-,13+,14+,15-,16-/m1/s1. The van der Waals surface area contributed by atoms with Crippen LogP contribution in [0, 0.1) is 0 Å². The van der Waals surface area contributed by atoms with E-state index in [1.807, 2.05) is 30.3 Å². The van der Waals surface area contributed by atoms with Gasteiger partial charge in [0.15, 0.2) is 6.29 Å². The number of rotatable bonds is 5. The first-order valence-electron chi connectivity index (χ1n) is 7.74. The summed E-state index contributed by atoms with van der Waals surface area (Å²) in [6.07, 6.45) is -3.24. The average molecular weight is 335 g/mol. The number of hydrogen-bond donors (Lipinski definition) is 3. The zero-order chi connectivity index (χ0) is 17.1. The molecule has 0 amide bonds. The van der Waals surface area contributed by atoms with Crippen molar-refractivity contribution in [2.24, 2.45) is 0 Å². The van der Waals surface area contributed by atoms with Crippen LogP contribution in [-0.2, 0) is 22.4 Å². The molecule has 0 unspecified atom stereocenters. The lowest BCUT2D eigenvalue weighted by molar-refractivity contribution is -0.292. The largest absolute Gasteiger partial charge is 0.388 e. The highest BCUT2D eigenvalue weighted by Gasteiger charge is 2.44. The highest BCUT2D eigenvalue weighted by Crippen LogP contribution is 2.22. The molecule has 0 radical (unpaired) electrons. The van der Waals surface area contributed by atoms with E-state index in [0.717, 1.165) is 11.3 Å². The van der Waals surface area contributed by atoms with E-state index in [9.17, 15) is 15.3 Å². The normalized spacial score (nSPS) is 30.4. The summed E-state index contributed by atoms with van der Waals surface area (Å²) in [5, 5.41) is 37.9. The summed E-state index contributed by atoms with van der Waals surface area (Å²) in [5.74, 6) is 0. The molecule has 0 spiro atoms. The predicted octanol–water partition coefficient (Wildman–Crippen LogP) is -0.677. The Morgan fingerprint density at radius 3 is 2.58 bits per heavy atom. The van der Waals surface area contributed by atoms with Crippen molar-refractivity contribution in [3.63, 3.8) is 0 Å². The molecule has 24 heavy (non-hydrogen) atoms. The van der Waals surface area contributed by atoms with E-state index in [0.29, 0.717) is 6.42 Å². The van der Waals surface area contributed by atoms with Crippen molar-refractivity contribution in [2.75, 3.05) is 7.11 Å². The third-order valence-electron chi connectivity index (χ3n) is 4.08. The van der Waals surface area contributed by atoms with Crippen LogP contribution in [0.1, 0.15) is 11.3 Å². The lowest BCUT2D eigenvalue weighted by Gasteiger charge is -2.39. The number of hydrogen-bond acceptors (Lipinski definition) is 7. The highest BCUT2D eigenvalue weighted by molar-refractivity contribution is 5.19. The summed E-state index contributed by atoms with van der Waals surface area (Å²) in [5.41, 5.74) is 1.91. The molecule has 1 aliphatic heterocycles. The van der Waals surface area contributed by atoms with Crippen molar-refractivity contribution in [3.05, 3.63) is 47.8 Å². The quantitative estimate of drug-likeness (QED) is 0.664. The number of nitrogens with zero attached hydrogens (tertiary/aromatic N) is 3. The van der Waals surface area contributed by atoms with Gasteiger partial charge in [-0.25, -0.2) is 4.68 Å². The van der Waals surface area contributed by atoms with E-state index < -0.39 is 30.7 Å². The summed E-state index contributed by atoms with van der Waals surface area (Å²) in [4.78, 5) is 0. The fourth-order valence-corrected chi connectivity index (χ4v) is 2.76. The molecule has 8 heteroatoms. The number of aromatic nitrogens is 3. The topological polar surface area (TPSA) is 110 Å². The molecule has 3 N–H and O–H groups in total. The Labute approximate surface area is 139 Å². The van der Waals surface area contributed by atoms with Gasteiger partial charge in [0.25, 0.3) is 0 Å². The van der Waals surface area contributed by atoms with Crippen LogP contribution >= 0.6 is 0 Å². The minimum Gasteiger partial charge on any atom is -0.388 e. The zero-order valence-corrected chi connectivity index (χ0v) is 13.3. The molecule has 1 aromatic carbocycles. The molecular weight excluding hydrogens is 314 g/mol. The van der Waals surface area contributed by atoms with Gasteiger partial charge in [-0.1, -0.05) is 35.5 Å². The van der Waals surface area contributed by atoms with Crippen LogP contribution in [0.5, 0.6) is 0 Å². The maximum Gasteiger partial charge on any atom is 0.186 e. The van der Waals surface area contributed by atoms with Gasteiger partial charge in [0.2, 0.25) is 0 Å². The second kappa shape index (κ2) is 7.37. The van der Waals surface area contributed by atoms with Gasteiger partial charge in [-0.3, -0.25) is 0 Å². The van der Waals surface area contributed by atoms with Gasteiger partial charge < -0.3 is 24.8 Å². The first kappa shape index (κ1) is 17.0. The summed E-state index contributed by atoms with van der Waals surface area (Å²) in [6.45, 7) is 0.187. The Bertz CT molecular complexity index is 648. The van der Waals surface area contributed by atoms with Gasteiger partial charge >= 0.3 is 0 Å². The first-order valence-corrected chi connectivity index (χ1v) is 7.74. The molecule has 1 saturated heterocycles. The molecule has 0 saturated carbocycles. The Kier molecular flexibility index (Phi) is 5.22. The molecule has 130 valence electrons. The van der Waals surface area contributed by atoms with Gasteiger partial charge in [0, 0.05) is 19.7 Å². The monoisotopic (exact) mass is 335 g/mol. The van der Waals surface area contributed by atoms with E-state index in [1.165, 1.54) is 7.11 Å². The molecule has 1 aromatic heterocycles. The molecule has 0 bridgehead atoms. The summed E-state index contributed by atoms with van der Waals surface area (Å²) in [6, 6.07) is 9.89. The summed E-state index contributed by atoms with van der Waals surface area (Å²) < 4.78 is 12.0.